The second kappa shape index (κ2) is 7.21. The summed E-state index contributed by atoms with van der Waals surface area (Å²) >= 11 is 0. The molecule has 1 aromatic carbocycles. The summed E-state index contributed by atoms with van der Waals surface area (Å²) in [5.41, 5.74) is 0.761. The molecule has 2 heterocycles. The summed E-state index contributed by atoms with van der Waals surface area (Å²) in [6, 6.07) is 6.11. The monoisotopic (exact) mass is 358 g/mol. The van der Waals surface area contributed by atoms with Crippen molar-refractivity contribution in [3.8, 4) is 5.75 Å². The average Bonchev–Trinajstić information content (AvgIpc) is 2.73. The normalized spacial score (nSPS) is 25.4. The van der Waals surface area contributed by atoms with Gasteiger partial charge in [0.2, 0.25) is 5.91 Å². The molecule has 0 saturated carbocycles. The van der Waals surface area contributed by atoms with Gasteiger partial charge < -0.3 is 14.4 Å². The van der Waals surface area contributed by atoms with Crippen LogP contribution in [0, 0.1) is 0 Å². The number of ether oxygens (including phenoxy) is 2. The summed E-state index contributed by atoms with van der Waals surface area (Å²) in [4.78, 5) is 15.7. The molecule has 138 valence electrons. The Morgan fingerprint density at radius 3 is 2.80 bits per heavy atom. The summed E-state index contributed by atoms with van der Waals surface area (Å²) in [7, 11) is 1.80. The molecule has 0 aliphatic carbocycles. The van der Waals surface area contributed by atoms with Crippen molar-refractivity contribution >= 4 is 5.91 Å². The second-order valence-electron chi connectivity index (χ2n) is 6.47. The Bertz CT molecular complexity index is 623. The average molecular weight is 358 g/mol. The number of nitrogens with zero attached hydrogens (tertiary/aromatic N) is 2. The number of hydrogen-bond acceptors (Lipinski definition) is 4. The molecule has 1 aromatic rings. The Labute approximate surface area is 144 Å². The van der Waals surface area contributed by atoms with E-state index in [1.807, 2.05) is 0 Å². The lowest BCUT2D eigenvalue weighted by Gasteiger charge is -2.37. The first kappa shape index (κ1) is 18.0. The topological polar surface area (TPSA) is 42.0 Å². The van der Waals surface area contributed by atoms with E-state index in [1.54, 1.807) is 24.1 Å². The number of likely N-dealkylation sites (tertiary alicyclic amines) is 1. The van der Waals surface area contributed by atoms with E-state index in [9.17, 15) is 18.0 Å². The molecule has 2 saturated heterocycles. The van der Waals surface area contributed by atoms with Crippen molar-refractivity contribution in [1.82, 2.24) is 9.80 Å². The summed E-state index contributed by atoms with van der Waals surface area (Å²) in [6.07, 6.45) is -3.09. The molecule has 0 radical (unpaired) electrons. The molecule has 1 amide bonds. The number of hydrogen-bond donors (Lipinski definition) is 0. The Hall–Kier alpha value is -1.80. The van der Waals surface area contributed by atoms with E-state index in [0.717, 1.165) is 31.5 Å². The molecular formula is C17H21F3N2O3. The van der Waals surface area contributed by atoms with E-state index in [4.69, 9.17) is 4.74 Å². The number of carbonyl (C=O) groups is 1. The third-order valence-electron chi connectivity index (χ3n) is 4.75. The Balaban J connectivity index is 1.62. The number of likely N-dealkylation sites (N-methyl/N-ethyl adjacent to an activating group) is 1. The molecule has 0 aromatic heterocycles. The van der Waals surface area contributed by atoms with E-state index in [2.05, 4.69) is 9.64 Å². The summed E-state index contributed by atoms with van der Waals surface area (Å²) < 4.78 is 46.7. The van der Waals surface area contributed by atoms with Crippen LogP contribution < -0.4 is 4.74 Å². The zero-order valence-electron chi connectivity index (χ0n) is 14.0. The van der Waals surface area contributed by atoms with Crippen molar-refractivity contribution in [2.45, 2.75) is 37.9 Å². The first-order valence-corrected chi connectivity index (χ1v) is 8.26. The van der Waals surface area contributed by atoms with Gasteiger partial charge in [0.1, 0.15) is 12.4 Å². The minimum atomic E-state index is -4.69. The van der Waals surface area contributed by atoms with E-state index >= 15 is 0 Å². The molecule has 0 unspecified atom stereocenters. The van der Waals surface area contributed by atoms with Crippen molar-refractivity contribution in [2.24, 2.45) is 0 Å². The van der Waals surface area contributed by atoms with Gasteiger partial charge in [0.15, 0.2) is 0 Å². The van der Waals surface area contributed by atoms with Crippen molar-refractivity contribution in [1.29, 1.82) is 0 Å². The molecule has 2 fully saturated rings. The van der Waals surface area contributed by atoms with Gasteiger partial charge in [0.05, 0.1) is 12.1 Å². The highest BCUT2D eigenvalue weighted by Crippen LogP contribution is 2.26. The molecule has 2 aliphatic heterocycles. The van der Waals surface area contributed by atoms with Gasteiger partial charge in [-0.05, 0) is 30.5 Å². The van der Waals surface area contributed by atoms with Crippen LogP contribution in [0.1, 0.15) is 18.4 Å². The number of morpholine rings is 1. The lowest BCUT2D eigenvalue weighted by Crippen LogP contribution is -2.52. The van der Waals surface area contributed by atoms with Gasteiger partial charge in [-0.15, -0.1) is 13.2 Å². The van der Waals surface area contributed by atoms with Gasteiger partial charge in [-0.25, -0.2) is 0 Å². The minimum absolute atomic E-state index is 0.00768. The maximum Gasteiger partial charge on any atom is 0.573 e. The zero-order chi connectivity index (χ0) is 18.0. The third-order valence-corrected chi connectivity index (χ3v) is 4.75. The SMILES string of the molecule is CN1C(=O)CO[C@H]2CCN(Cc3cccc(OC(F)(F)F)c3)CC[C@@H]21. The lowest BCUT2D eigenvalue weighted by atomic mass is 10.0. The first-order chi connectivity index (χ1) is 11.8. The highest BCUT2D eigenvalue weighted by molar-refractivity contribution is 5.78. The molecule has 0 bridgehead atoms. The molecule has 2 aliphatic rings. The van der Waals surface area contributed by atoms with Gasteiger partial charge in [-0.1, -0.05) is 12.1 Å². The van der Waals surface area contributed by atoms with Gasteiger partial charge in [0.25, 0.3) is 0 Å². The van der Waals surface area contributed by atoms with Crippen LogP contribution >= 0.6 is 0 Å². The predicted molar refractivity (Wildman–Crippen MR) is 83.9 cm³/mol. The number of halogens is 3. The highest BCUT2D eigenvalue weighted by Gasteiger charge is 2.36. The maximum atomic E-state index is 12.3. The first-order valence-electron chi connectivity index (χ1n) is 8.26. The van der Waals surface area contributed by atoms with Crippen molar-refractivity contribution in [3.63, 3.8) is 0 Å². The smallest absolute Gasteiger partial charge is 0.406 e. The predicted octanol–water partition coefficient (Wildman–Crippen LogP) is 2.41. The van der Waals surface area contributed by atoms with E-state index in [1.165, 1.54) is 12.1 Å². The molecule has 0 N–H and O–H groups in total. The molecular weight excluding hydrogens is 337 g/mol. The second-order valence-corrected chi connectivity index (χ2v) is 6.47. The number of rotatable bonds is 3. The van der Waals surface area contributed by atoms with Crippen molar-refractivity contribution in [2.75, 3.05) is 26.7 Å². The number of amides is 1. The standard InChI is InChI=1S/C17H21F3N2O3/c1-21-14-5-7-22(8-6-15(14)24-11-16(21)23)10-12-3-2-4-13(9-12)25-17(18,19)20/h2-4,9,14-15H,5-8,10-11H2,1H3/t14-,15-/m0/s1. The summed E-state index contributed by atoms with van der Waals surface area (Å²) in [6.45, 7) is 2.18. The van der Waals surface area contributed by atoms with Crippen LogP contribution in [0.25, 0.3) is 0 Å². The molecule has 8 heteroatoms. The Kier molecular flexibility index (Phi) is 5.19. The van der Waals surface area contributed by atoms with E-state index in [0.29, 0.717) is 6.54 Å². The van der Waals surface area contributed by atoms with Crippen LogP contribution in [0.4, 0.5) is 13.2 Å². The summed E-state index contributed by atoms with van der Waals surface area (Å²) in [5, 5.41) is 0. The summed E-state index contributed by atoms with van der Waals surface area (Å²) in [5.74, 6) is -0.214. The largest absolute Gasteiger partial charge is 0.573 e. The molecule has 3 rings (SSSR count). The number of benzene rings is 1. The van der Waals surface area contributed by atoms with Crippen LogP contribution in [0.15, 0.2) is 24.3 Å². The number of carbonyl (C=O) groups excluding carboxylic acids is 1. The van der Waals surface area contributed by atoms with Crippen LogP contribution in [0.3, 0.4) is 0 Å². The van der Waals surface area contributed by atoms with Gasteiger partial charge in [0, 0.05) is 26.7 Å². The van der Waals surface area contributed by atoms with Gasteiger partial charge in [-0.2, -0.15) is 0 Å². The quantitative estimate of drug-likeness (QED) is 0.832. The maximum absolute atomic E-state index is 12.3. The Morgan fingerprint density at radius 1 is 1.28 bits per heavy atom. The fraction of sp³-hybridized carbons (Fsp3) is 0.588. The number of alkyl halides is 3. The van der Waals surface area contributed by atoms with Crippen LogP contribution in [0.5, 0.6) is 5.75 Å². The minimum Gasteiger partial charge on any atom is -0.406 e. The molecule has 2 atom stereocenters. The van der Waals surface area contributed by atoms with E-state index < -0.39 is 6.36 Å². The molecule has 5 nitrogen and oxygen atoms in total. The Morgan fingerprint density at radius 2 is 2.04 bits per heavy atom. The van der Waals surface area contributed by atoms with Gasteiger partial charge >= 0.3 is 6.36 Å². The van der Waals surface area contributed by atoms with E-state index in [-0.39, 0.29) is 30.4 Å². The zero-order valence-corrected chi connectivity index (χ0v) is 14.0. The van der Waals surface area contributed by atoms with Gasteiger partial charge in [-0.3, -0.25) is 9.69 Å². The molecule has 25 heavy (non-hydrogen) atoms. The fourth-order valence-corrected chi connectivity index (χ4v) is 3.47. The van der Waals surface area contributed by atoms with Crippen LogP contribution in [-0.4, -0.2) is 61.0 Å². The van der Waals surface area contributed by atoms with Crippen molar-refractivity contribution < 1.29 is 27.4 Å². The fourth-order valence-electron chi connectivity index (χ4n) is 3.47. The highest BCUT2D eigenvalue weighted by atomic mass is 19.4. The van der Waals surface area contributed by atoms with Crippen molar-refractivity contribution in [3.05, 3.63) is 29.8 Å². The number of fused-ring (bicyclic) bond motifs is 1. The third kappa shape index (κ3) is 4.64. The van der Waals surface area contributed by atoms with Crippen LogP contribution in [0.2, 0.25) is 0 Å². The molecule has 0 spiro atoms. The van der Waals surface area contributed by atoms with Crippen LogP contribution in [-0.2, 0) is 16.1 Å². The lowest BCUT2D eigenvalue weighted by molar-refractivity contribution is -0.274.